The molecule has 0 aliphatic carbocycles. The number of amides is 1. The van der Waals surface area contributed by atoms with Crippen LogP contribution in [-0.2, 0) is 16.4 Å². The van der Waals surface area contributed by atoms with E-state index in [2.05, 4.69) is 0 Å². The van der Waals surface area contributed by atoms with Crippen molar-refractivity contribution in [3.8, 4) is 0 Å². The molecule has 0 bridgehead atoms. The van der Waals surface area contributed by atoms with Crippen LogP contribution in [0.1, 0.15) is 65.4 Å². The monoisotopic (exact) mass is 480 g/mol. The standard InChI is InChI=1S/C27H32N2O4S/c1-17-15-22-20(4)24(27(30)28-13-9-5-6-10-14-28)33-25(22)26(19(17)3)34(31,32)29-18(2)16-21-11-7-8-12-23(21)29/h7-8,11-12,15,18H,5-6,9-10,13-14,16H2,1-4H3/t18-/m0/s1. The maximum absolute atomic E-state index is 14.2. The van der Waals surface area contributed by atoms with Gasteiger partial charge >= 0.3 is 0 Å². The van der Waals surface area contributed by atoms with E-state index in [9.17, 15) is 13.2 Å². The molecule has 1 fully saturated rings. The summed E-state index contributed by atoms with van der Waals surface area (Å²) in [7, 11) is -3.93. The minimum atomic E-state index is -3.93. The summed E-state index contributed by atoms with van der Waals surface area (Å²) in [5.74, 6) is 0.113. The number of benzene rings is 2. The van der Waals surface area contributed by atoms with Gasteiger partial charge in [-0.2, -0.15) is 0 Å². The molecule has 0 spiro atoms. The summed E-state index contributed by atoms with van der Waals surface area (Å²) >= 11 is 0. The zero-order valence-corrected chi connectivity index (χ0v) is 21.2. The summed E-state index contributed by atoms with van der Waals surface area (Å²) in [6, 6.07) is 9.40. The number of aryl methyl sites for hydroxylation is 2. The largest absolute Gasteiger partial charge is 0.449 e. The van der Waals surface area contributed by atoms with Gasteiger partial charge in [-0.25, -0.2) is 8.42 Å². The van der Waals surface area contributed by atoms with Gasteiger partial charge in [0.1, 0.15) is 4.90 Å². The Morgan fingerprint density at radius 1 is 1.00 bits per heavy atom. The molecule has 180 valence electrons. The van der Waals surface area contributed by atoms with Crippen LogP contribution >= 0.6 is 0 Å². The Hall–Kier alpha value is -2.80. The summed E-state index contributed by atoms with van der Waals surface area (Å²) in [6.07, 6.45) is 4.88. The summed E-state index contributed by atoms with van der Waals surface area (Å²) in [6.45, 7) is 8.94. The van der Waals surface area contributed by atoms with Gasteiger partial charge in [0, 0.05) is 30.1 Å². The molecule has 2 aliphatic rings. The number of carbonyl (C=O) groups excluding carboxylic acids is 1. The number of carbonyl (C=O) groups is 1. The number of sulfonamides is 1. The van der Waals surface area contributed by atoms with Crippen LogP contribution in [-0.4, -0.2) is 38.4 Å². The Morgan fingerprint density at radius 3 is 2.38 bits per heavy atom. The molecule has 1 aromatic heterocycles. The van der Waals surface area contributed by atoms with Crippen LogP contribution in [0.4, 0.5) is 5.69 Å². The number of fused-ring (bicyclic) bond motifs is 2. The highest BCUT2D eigenvalue weighted by atomic mass is 32.2. The molecular formula is C27H32N2O4S. The smallest absolute Gasteiger partial charge is 0.289 e. The highest BCUT2D eigenvalue weighted by Gasteiger charge is 2.39. The molecule has 7 heteroatoms. The Labute approximate surface area is 201 Å². The van der Waals surface area contributed by atoms with Crippen LogP contribution in [0, 0.1) is 20.8 Å². The molecule has 0 radical (unpaired) electrons. The van der Waals surface area contributed by atoms with Gasteiger partial charge < -0.3 is 9.32 Å². The zero-order chi connectivity index (χ0) is 24.2. The van der Waals surface area contributed by atoms with Crippen molar-refractivity contribution < 1.29 is 17.6 Å². The molecule has 0 N–H and O–H groups in total. The molecule has 34 heavy (non-hydrogen) atoms. The van der Waals surface area contributed by atoms with Crippen molar-refractivity contribution in [1.29, 1.82) is 0 Å². The average molecular weight is 481 g/mol. The van der Waals surface area contributed by atoms with Crippen molar-refractivity contribution in [3.63, 3.8) is 0 Å². The normalized spacial score (nSPS) is 18.9. The summed E-state index contributed by atoms with van der Waals surface area (Å²) in [5, 5.41) is 0.694. The lowest BCUT2D eigenvalue weighted by Crippen LogP contribution is -2.36. The third-order valence-corrected chi connectivity index (χ3v) is 9.52. The van der Waals surface area contributed by atoms with Gasteiger partial charge in [-0.3, -0.25) is 9.10 Å². The number of nitrogens with zero attached hydrogens (tertiary/aromatic N) is 2. The highest BCUT2D eigenvalue weighted by molar-refractivity contribution is 7.93. The third-order valence-electron chi connectivity index (χ3n) is 7.44. The molecule has 5 rings (SSSR count). The first-order valence-corrected chi connectivity index (χ1v) is 13.6. The summed E-state index contributed by atoms with van der Waals surface area (Å²) in [4.78, 5) is 15.4. The molecule has 0 saturated carbocycles. The number of rotatable bonds is 3. The number of para-hydroxylation sites is 1. The molecule has 3 heterocycles. The van der Waals surface area contributed by atoms with Crippen molar-refractivity contribution in [2.75, 3.05) is 17.4 Å². The van der Waals surface area contributed by atoms with Crippen molar-refractivity contribution in [2.45, 2.75) is 70.7 Å². The Kier molecular flexibility index (Phi) is 5.71. The number of hydrogen-bond acceptors (Lipinski definition) is 4. The first-order chi connectivity index (χ1) is 16.2. The van der Waals surface area contributed by atoms with Crippen molar-refractivity contribution in [1.82, 2.24) is 4.90 Å². The van der Waals surface area contributed by atoms with E-state index in [-0.39, 0.29) is 28.2 Å². The van der Waals surface area contributed by atoms with Gasteiger partial charge in [0.25, 0.3) is 15.9 Å². The maximum Gasteiger partial charge on any atom is 0.289 e. The second-order valence-corrected chi connectivity index (χ2v) is 11.5. The second kappa shape index (κ2) is 8.45. The lowest BCUT2D eigenvalue weighted by Gasteiger charge is -2.25. The van der Waals surface area contributed by atoms with Crippen molar-refractivity contribution in [2.24, 2.45) is 0 Å². The van der Waals surface area contributed by atoms with Crippen LogP contribution in [0.2, 0.25) is 0 Å². The highest BCUT2D eigenvalue weighted by Crippen LogP contribution is 2.41. The zero-order valence-electron chi connectivity index (χ0n) is 20.3. The van der Waals surface area contributed by atoms with Gasteiger partial charge in [-0.1, -0.05) is 31.0 Å². The molecule has 2 aliphatic heterocycles. The van der Waals surface area contributed by atoms with E-state index in [0.29, 0.717) is 41.7 Å². The van der Waals surface area contributed by atoms with Crippen LogP contribution in [0.15, 0.2) is 39.6 Å². The molecule has 1 saturated heterocycles. The fourth-order valence-electron chi connectivity index (χ4n) is 5.48. The lowest BCUT2D eigenvalue weighted by atomic mass is 10.0. The van der Waals surface area contributed by atoms with Crippen LogP contribution in [0.3, 0.4) is 0 Å². The number of furan rings is 1. The van der Waals surface area contributed by atoms with Crippen molar-refractivity contribution >= 4 is 32.6 Å². The van der Waals surface area contributed by atoms with E-state index in [1.165, 1.54) is 4.31 Å². The fraction of sp³-hybridized carbons (Fsp3) is 0.444. The number of hydrogen-bond donors (Lipinski definition) is 0. The van der Waals surface area contributed by atoms with Crippen LogP contribution < -0.4 is 4.31 Å². The maximum atomic E-state index is 14.2. The molecule has 1 atom stereocenters. The van der Waals surface area contributed by atoms with E-state index in [4.69, 9.17) is 4.42 Å². The van der Waals surface area contributed by atoms with Crippen LogP contribution in [0.5, 0.6) is 0 Å². The minimum absolute atomic E-state index is 0.144. The van der Waals surface area contributed by atoms with E-state index in [1.807, 2.05) is 62.9 Å². The van der Waals surface area contributed by atoms with E-state index >= 15 is 0 Å². The molecular weight excluding hydrogens is 448 g/mol. The average Bonchev–Trinajstić information content (AvgIpc) is 3.15. The molecule has 2 aromatic carbocycles. The first-order valence-electron chi connectivity index (χ1n) is 12.2. The van der Waals surface area contributed by atoms with E-state index in [1.54, 1.807) is 0 Å². The predicted octanol–water partition coefficient (Wildman–Crippen LogP) is 5.51. The first kappa shape index (κ1) is 23.0. The van der Waals surface area contributed by atoms with Gasteiger partial charge in [-0.15, -0.1) is 0 Å². The number of likely N-dealkylation sites (tertiary alicyclic amines) is 1. The lowest BCUT2D eigenvalue weighted by molar-refractivity contribution is 0.0731. The predicted molar refractivity (Wildman–Crippen MR) is 134 cm³/mol. The van der Waals surface area contributed by atoms with Gasteiger partial charge in [0.05, 0.1) is 5.69 Å². The van der Waals surface area contributed by atoms with Gasteiger partial charge in [-0.05, 0) is 75.8 Å². The topological polar surface area (TPSA) is 70.8 Å². The Balaban J connectivity index is 1.68. The third kappa shape index (κ3) is 3.52. The SMILES string of the molecule is Cc1cc2c(C)c(C(=O)N3CCCCCC3)oc2c(S(=O)(=O)N2c3ccccc3C[C@@H]2C)c1C. The van der Waals surface area contributed by atoms with E-state index < -0.39 is 10.0 Å². The molecule has 0 unspecified atom stereocenters. The molecule has 6 nitrogen and oxygen atoms in total. The second-order valence-electron chi connectivity index (χ2n) is 9.77. The van der Waals surface area contributed by atoms with Gasteiger partial charge in [0.2, 0.25) is 0 Å². The summed E-state index contributed by atoms with van der Waals surface area (Å²) in [5.41, 5.74) is 4.26. The van der Waals surface area contributed by atoms with Crippen molar-refractivity contribution in [3.05, 3.63) is 58.3 Å². The quantitative estimate of drug-likeness (QED) is 0.495. The Morgan fingerprint density at radius 2 is 1.68 bits per heavy atom. The minimum Gasteiger partial charge on any atom is -0.449 e. The molecule has 3 aromatic rings. The van der Waals surface area contributed by atoms with Crippen LogP contribution in [0.25, 0.3) is 11.0 Å². The van der Waals surface area contributed by atoms with Gasteiger partial charge in [0.15, 0.2) is 11.3 Å². The van der Waals surface area contributed by atoms with E-state index in [0.717, 1.165) is 36.8 Å². The Bertz CT molecular complexity index is 1380. The number of anilines is 1. The molecule has 1 amide bonds. The summed E-state index contributed by atoms with van der Waals surface area (Å²) < 4.78 is 36.1. The fourth-order valence-corrected chi connectivity index (χ4v) is 7.59.